The summed E-state index contributed by atoms with van der Waals surface area (Å²) in [6.07, 6.45) is 7.69. The first kappa shape index (κ1) is 13.4. The van der Waals surface area contributed by atoms with Crippen LogP contribution in [0.5, 0.6) is 0 Å². The van der Waals surface area contributed by atoms with Gasteiger partial charge in [0.05, 0.1) is 0 Å². The van der Waals surface area contributed by atoms with Gasteiger partial charge in [0.2, 0.25) is 0 Å². The van der Waals surface area contributed by atoms with Crippen molar-refractivity contribution in [3.63, 3.8) is 0 Å². The van der Waals surface area contributed by atoms with Crippen LogP contribution >= 0.6 is 0 Å². The van der Waals surface area contributed by atoms with Crippen LogP contribution in [0, 0.1) is 0 Å². The van der Waals surface area contributed by atoms with Crippen molar-refractivity contribution in [1.82, 2.24) is 10.2 Å². The third kappa shape index (κ3) is 4.58. The minimum absolute atomic E-state index is 0.469. The van der Waals surface area contributed by atoms with E-state index < -0.39 is 0 Å². The molecule has 2 nitrogen and oxygen atoms in total. The van der Waals surface area contributed by atoms with Gasteiger partial charge in [-0.2, -0.15) is 0 Å². The second kappa shape index (κ2) is 7.77. The molecule has 0 aliphatic heterocycles. The van der Waals surface area contributed by atoms with Gasteiger partial charge < -0.3 is 10.2 Å². The maximum absolute atomic E-state index is 3.23. The Morgan fingerprint density at radius 2 is 2.07 bits per heavy atom. The molecule has 1 N–H and O–H groups in total. The van der Waals surface area contributed by atoms with E-state index in [1.807, 2.05) is 7.05 Å². The first-order valence-corrected chi connectivity index (χ1v) is 5.31. The summed E-state index contributed by atoms with van der Waals surface area (Å²) < 4.78 is 0. The largest absolute Gasteiger partial charge is 0.318 e. The third-order valence-electron chi connectivity index (χ3n) is 2.20. The number of allylic oxidation sites excluding steroid dienone is 2. The van der Waals surface area contributed by atoms with Crippen molar-refractivity contribution in [3.8, 4) is 0 Å². The van der Waals surface area contributed by atoms with Crippen LogP contribution in [0.15, 0.2) is 23.8 Å². The molecule has 0 aliphatic carbocycles. The lowest BCUT2D eigenvalue weighted by Gasteiger charge is -2.25. The van der Waals surface area contributed by atoms with Gasteiger partial charge in [0.15, 0.2) is 0 Å². The maximum atomic E-state index is 3.23. The standard InChI is InChI=1S/C12H24N2/c1-6-8-11(9-7-2)12(10-13-3)14(4)5/h6,8-9,12-13H,7,10H2,1-5H3/b8-6-,11-9+. The smallest absolute Gasteiger partial charge is 0.0463 e. The summed E-state index contributed by atoms with van der Waals surface area (Å²) in [5.41, 5.74) is 1.40. The van der Waals surface area contributed by atoms with Crippen LogP contribution in [-0.4, -0.2) is 38.6 Å². The molecule has 0 saturated heterocycles. The van der Waals surface area contributed by atoms with E-state index in [-0.39, 0.29) is 0 Å². The fraction of sp³-hybridized carbons (Fsp3) is 0.667. The Kier molecular flexibility index (Phi) is 7.44. The normalized spacial score (nSPS) is 15.4. The Morgan fingerprint density at radius 1 is 1.43 bits per heavy atom. The van der Waals surface area contributed by atoms with Crippen LogP contribution in [0.1, 0.15) is 20.3 Å². The molecule has 0 aromatic carbocycles. The minimum atomic E-state index is 0.469. The Hall–Kier alpha value is -0.600. The van der Waals surface area contributed by atoms with Gasteiger partial charge in [-0.3, -0.25) is 0 Å². The van der Waals surface area contributed by atoms with Crippen molar-refractivity contribution >= 4 is 0 Å². The zero-order valence-electron chi connectivity index (χ0n) is 10.2. The van der Waals surface area contributed by atoms with E-state index in [1.54, 1.807) is 0 Å². The molecule has 0 fully saturated rings. The van der Waals surface area contributed by atoms with E-state index in [9.17, 15) is 0 Å². The molecule has 0 amide bonds. The molecule has 0 spiro atoms. The quantitative estimate of drug-likeness (QED) is 0.654. The second-order valence-electron chi connectivity index (χ2n) is 3.65. The van der Waals surface area contributed by atoms with Crippen molar-refractivity contribution in [2.75, 3.05) is 27.7 Å². The van der Waals surface area contributed by atoms with E-state index in [0.29, 0.717) is 6.04 Å². The van der Waals surface area contributed by atoms with Gasteiger partial charge in [-0.1, -0.05) is 25.2 Å². The first-order chi connectivity index (χ1) is 6.67. The molecule has 0 aromatic heterocycles. The SMILES string of the molecule is C/C=C\C(=C/CC)C(CNC)N(C)C. The Bertz CT molecular complexity index is 192. The zero-order valence-corrected chi connectivity index (χ0v) is 10.2. The third-order valence-corrected chi connectivity index (χ3v) is 2.20. The van der Waals surface area contributed by atoms with Crippen LogP contribution in [-0.2, 0) is 0 Å². The Balaban J connectivity index is 4.63. The molecule has 1 atom stereocenters. The van der Waals surface area contributed by atoms with E-state index in [4.69, 9.17) is 0 Å². The molecule has 2 heteroatoms. The van der Waals surface area contributed by atoms with Gasteiger partial charge in [-0.25, -0.2) is 0 Å². The van der Waals surface area contributed by atoms with Gasteiger partial charge in [0, 0.05) is 12.6 Å². The maximum Gasteiger partial charge on any atom is 0.0463 e. The summed E-state index contributed by atoms with van der Waals surface area (Å²) in [5, 5.41) is 3.23. The lowest BCUT2D eigenvalue weighted by Crippen LogP contribution is -2.37. The highest BCUT2D eigenvalue weighted by Crippen LogP contribution is 2.10. The van der Waals surface area contributed by atoms with E-state index in [1.165, 1.54) is 5.57 Å². The predicted octanol–water partition coefficient (Wildman–Crippen LogP) is 2.05. The molecule has 82 valence electrons. The fourth-order valence-electron chi connectivity index (χ4n) is 1.54. The molecule has 0 aliphatic rings. The number of nitrogens with one attached hydrogen (secondary N) is 1. The molecule has 1 unspecified atom stereocenters. The molecule has 0 rings (SSSR count). The molecule has 0 saturated carbocycles. The lowest BCUT2D eigenvalue weighted by atomic mass is 10.0. The molecular weight excluding hydrogens is 172 g/mol. The average molecular weight is 196 g/mol. The highest BCUT2D eigenvalue weighted by molar-refractivity contribution is 5.24. The van der Waals surface area contributed by atoms with Crippen molar-refractivity contribution in [2.45, 2.75) is 26.3 Å². The molecule has 0 heterocycles. The van der Waals surface area contributed by atoms with E-state index in [2.05, 4.69) is 56.4 Å². The van der Waals surface area contributed by atoms with Crippen LogP contribution in [0.4, 0.5) is 0 Å². The van der Waals surface area contributed by atoms with Gasteiger partial charge >= 0.3 is 0 Å². The van der Waals surface area contributed by atoms with Crippen molar-refractivity contribution < 1.29 is 0 Å². The summed E-state index contributed by atoms with van der Waals surface area (Å²) in [6.45, 7) is 5.23. The number of hydrogen-bond acceptors (Lipinski definition) is 2. The molecule has 0 radical (unpaired) electrons. The molecular formula is C12H24N2. The molecule has 14 heavy (non-hydrogen) atoms. The molecule has 0 aromatic rings. The predicted molar refractivity (Wildman–Crippen MR) is 64.6 cm³/mol. The highest BCUT2D eigenvalue weighted by Gasteiger charge is 2.12. The van der Waals surface area contributed by atoms with Crippen LogP contribution in [0.25, 0.3) is 0 Å². The number of likely N-dealkylation sites (N-methyl/N-ethyl adjacent to an activating group) is 2. The summed E-state index contributed by atoms with van der Waals surface area (Å²) in [5.74, 6) is 0. The lowest BCUT2D eigenvalue weighted by molar-refractivity contribution is 0.327. The second-order valence-corrected chi connectivity index (χ2v) is 3.65. The first-order valence-electron chi connectivity index (χ1n) is 5.31. The van der Waals surface area contributed by atoms with Crippen LogP contribution in [0.3, 0.4) is 0 Å². The van der Waals surface area contributed by atoms with Crippen LogP contribution < -0.4 is 5.32 Å². The number of hydrogen-bond donors (Lipinski definition) is 1. The molecule has 0 bridgehead atoms. The number of nitrogens with zero attached hydrogens (tertiary/aromatic N) is 1. The number of rotatable bonds is 6. The van der Waals surface area contributed by atoms with Gasteiger partial charge in [-0.15, -0.1) is 0 Å². The topological polar surface area (TPSA) is 15.3 Å². The van der Waals surface area contributed by atoms with Crippen molar-refractivity contribution in [1.29, 1.82) is 0 Å². The van der Waals surface area contributed by atoms with Gasteiger partial charge in [-0.05, 0) is 40.1 Å². The summed E-state index contributed by atoms with van der Waals surface area (Å²) >= 11 is 0. The Labute approximate surface area is 88.7 Å². The highest BCUT2D eigenvalue weighted by atomic mass is 15.1. The Morgan fingerprint density at radius 3 is 2.43 bits per heavy atom. The van der Waals surface area contributed by atoms with E-state index >= 15 is 0 Å². The average Bonchev–Trinajstić information content (AvgIpc) is 2.13. The summed E-state index contributed by atoms with van der Waals surface area (Å²) in [7, 11) is 6.24. The zero-order chi connectivity index (χ0) is 11.0. The van der Waals surface area contributed by atoms with Crippen molar-refractivity contribution in [2.24, 2.45) is 0 Å². The monoisotopic (exact) mass is 196 g/mol. The van der Waals surface area contributed by atoms with Crippen molar-refractivity contribution in [3.05, 3.63) is 23.8 Å². The van der Waals surface area contributed by atoms with Gasteiger partial charge in [0.1, 0.15) is 0 Å². The minimum Gasteiger partial charge on any atom is -0.318 e. The summed E-state index contributed by atoms with van der Waals surface area (Å²) in [6, 6.07) is 0.469. The summed E-state index contributed by atoms with van der Waals surface area (Å²) in [4.78, 5) is 2.25. The fourth-order valence-corrected chi connectivity index (χ4v) is 1.54. The van der Waals surface area contributed by atoms with Crippen LogP contribution in [0.2, 0.25) is 0 Å². The van der Waals surface area contributed by atoms with E-state index in [0.717, 1.165) is 13.0 Å². The van der Waals surface area contributed by atoms with Gasteiger partial charge in [0.25, 0.3) is 0 Å².